The number of hydrogen-bond donors (Lipinski definition) is 0. The first-order valence-electron chi connectivity index (χ1n) is 6.61. The fourth-order valence-corrected chi connectivity index (χ4v) is 2.65. The zero-order chi connectivity index (χ0) is 16.1. The zero-order valence-corrected chi connectivity index (χ0v) is 13.0. The number of non-ortho nitro benzene ring substituents is 1. The van der Waals surface area contributed by atoms with Gasteiger partial charge >= 0.3 is 0 Å². The summed E-state index contributed by atoms with van der Waals surface area (Å²) in [5, 5.41) is 13.1. The van der Waals surface area contributed by atoms with Crippen molar-refractivity contribution in [1.29, 1.82) is 0 Å². The third-order valence-electron chi connectivity index (χ3n) is 2.86. The smallest absolute Gasteiger partial charge is 0.269 e. The van der Waals surface area contributed by atoms with Gasteiger partial charge in [-0.15, -0.1) is 11.3 Å². The quantitative estimate of drug-likeness (QED) is 0.603. The molecule has 0 saturated carbocycles. The van der Waals surface area contributed by atoms with Crippen LogP contribution in [-0.2, 0) is 4.79 Å². The van der Waals surface area contributed by atoms with Crippen LogP contribution in [0.3, 0.4) is 0 Å². The number of amides is 1. The van der Waals surface area contributed by atoms with Crippen molar-refractivity contribution in [3.05, 3.63) is 45.5 Å². The zero-order valence-electron chi connectivity index (χ0n) is 12.2. The molecule has 0 fully saturated rings. The maximum atomic E-state index is 12.2. The number of hydrogen-bond acceptors (Lipinski definition) is 6. The van der Waals surface area contributed by atoms with Crippen LogP contribution in [0.15, 0.2) is 29.6 Å². The number of carbonyl (C=O) groups excluding carboxylic acids is 1. The first kappa shape index (κ1) is 15.9. The van der Waals surface area contributed by atoms with Crippen molar-refractivity contribution in [2.24, 2.45) is 0 Å². The average Bonchev–Trinajstić information content (AvgIpc) is 2.92. The molecule has 0 bridgehead atoms. The molecule has 2 rings (SSSR count). The predicted octanol–water partition coefficient (Wildman–Crippen LogP) is 2.79. The lowest BCUT2D eigenvalue weighted by Gasteiger charge is -2.17. The standard InChI is InChI=1S/C14H15N3O4S/c1-3-16(14-15-10(2)9-22-14)13(18)8-21-12-6-4-11(5-7-12)17(19)20/h4-7,9H,3,8H2,1-2H3. The molecule has 116 valence electrons. The number of nitro groups is 1. The predicted molar refractivity (Wildman–Crippen MR) is 83.5 cm³/mol. The molecule has 22 heavy (non-hydrogen) atoms. The van der Waals surface area contributed by atoms with E-state index < -0.39 is 4.92 Å². The lowest BCUT2D eigenvalue weighted by molar-refractivity contribution is -0.384. The van der Waals surface area contributed by atoms with Gasteiger partial charge in [0.05, 0.1) is 10.6 Å². The molecule has 0 aliphatic rings. The minimum Gasteiger partial charge on any atom is -0.484 e. The number of nitro benzene ring substituents is 1. The summed E-state index contributed by atoms with van der Waals surface area (Å²) in [4.78, 5) is 28.1. The van der Waals surface area contributed by atoms with Crippen LogP contribution in [0.2, 0.25) is 0 Å². The molecular formula is C14H15N3O4S. The Morgan fingerprint density at radius 1 is 1.41 bits per heavy atom. The summed E-state index contributed by atoms with van der Waals surface area (Å²) in [6.45, 7) is 4.08. The molecule has 1 heterocycles. The number of rotatable bonds is 6. The molecule has 7 nitrogen and oxygen atoms in total. The number of likely N-dealkylation sites (N-methyl/N-ethyl adjacent to an activating group) is 1. The molecule has 2 aromatic rings. The minimum absolute atomic E-state index is 0.0212. The third kappa shape index (κ3) is 3.79. The highest BCUT2D eigenvalue weighted by atomic mass is 32.1. The van der Waals surface area contributed by atoms with Crippen molar-refractivity contribution in [2.75, 3.05) is 18.1 Å². The van der Waals surface area contributed by atoms with Gasteiger partial charge in [0.2, 0.25) is 0 Å². The van der Waals surface area contributed by atoms with Crippen LogP contribution in [-0.4, -0.2) is 29.0 Å². The molecule has 8 heteroatoms. The van der Waals surface area contributed by atoms with Gasteiger partial charge in [-0.3, -0.25) is 19.8 Å². The van der Waals surface area contributed by atoms with Gasteiger partial charge < -0.3 is 4.74 Å². The van der Waals surface area contributed by atoms with Crippen LogP contribution in [0.5, 0.6) is 5.75 Å². The lowest BCUT2D eigenvalue weighted by atomic mass is 10.3. The average molecular weight is 321 g/mol. The van der Waals surface area contributed by atoms with Crippen molar-refractivity contribution >= 4 is 28.1 Å². The number of anilines is 1. The molecule has 1 aromatic heterocycles. The molecule has 0 spiro atoms. The van der Waals surface area contributed by atoms with Crippen molar-refractivity contribution in [2.45, 2.75) is 13.8 Å². The summed E-state index contributed by atoms with van der Waals surface area (Å²) in [5.74, 6) is 0.195. The van der Waals surface area contributed by atoms with E-state index in [0.29, 0.717) is 17.4 Å². The Morgan fingerprint density at radius 2 is 2.09 bits per heavy atom. The lowest BCUT2D eigenvalue weighted by Crippen LogP contribution is -2.34. The monoisotopic (exact) mass is 321 g/mol. The van der Waals surface area contributed by atoms with E-state index in [1.807, 2.05) is 19.2 Å². The van der Waals surface area contributed by atoms with E-state index in [0.717, 1.165) is 5.69 Å². The Balaban J connectivity index is 1.97. The van der Waals surface area contributed by atoms with E-state index in [2.05, 4.69) is 4.98 Å². The number of aryl methyl sites for hydroxylation is 1. The van der Waals surface area contributed by atoms with Crippen LogP contribution >= 0.6 is 11.3 Å². The summed E-state index contributed by atoms with van der Waals surface area (Å²) >= 11 is 1.40. The van der Waals surface area contributed by atoms with E-state index in [1.165, 1.54) is 35.6 Å². The number of aromatic nitrogens is 1. The van der Waals surface area contributed by atoms with Gasteiger partial charge in [-0.1, -0.05) is 0 Å². The molecule has 1 amide bonds. The molecule has 0 atom stereocenters. The highest BCUT2D eigenvalue weighted by Gasteiger charge is 2.17. The first-order chi connectivity index (χ1) is 10.5. The normalized spacial score (nSPS) is 10.3. The van der Waals surface area contributed by atoms with Crippen molar-refractivity contribution in [1.82, 2.24) is 4.98 Å². The Bertz CT molecular complexity index is 669. The number of nitrogens with zero attached hydrogens (tertiary/aromatic N) is 3. The minimum atomic E-state index is -0.488. The highest BCUT2D eigenvalue weighted by Crippen LogP contribution is 2.21. The molecule has 1 aromatic carbocycles. The highest BCUT2D eigenvalue weighted by molar-refractivity contribution is 7.14. The van der Waals surface area contributed by atoms with Crippen LogP contribution in [0.1, 0.15) is 12.6 Å². The van der Waals surface area contributed by atoms with Crippen molar-refractivity contribution in [3.8, 4) is 5.75 Å². The molecule has 0 aliphatic heterocycles. The van der Waals surface area contributed by atoms with Crippen LogP contribution in [0.25, 0.3) is 0 Å². The second-order valence-electron chi connectivity index (χ2n) is 4.45. The molecule has 0 radical (unpaired) electrons. The molecule has 0 unspecified atom stereocenters. The maximum Gasteiger partial charge on any atom is 0.269 e. The first-order valence-corrected chi connectivity index (χ1v) is 7.49. The van der Waals surface area contributed by atoms with Gasteiger partial charge in [-0.25, -0.2) is 4.98 Å². The Labute approximate surface area is 131 Å². The van der Waals surface area contributed by atoms with Crippen molar-refractivity contribution in [3.63, 3.8) is 0 Å². The van der Waals surface area contributed by atoms with Crippen LogP contribution < -0.4 is 9.64 Å². The van der Waals surface area contributed by atoms with E-state index in [-0.39, 0.29) is 18.2 Å². The summed E-state index contributed by atoms with van der Waals surface area (Å²) < 4.78 is 5.38. The molecule has 0 N–H and O–H groups in total. The SMILES string of the molecule is CCN(C(=O)COc1ccc([N+](=O)[O-])cc1)c1nc(C)cs1. The maximum absolute atomic E-state index is 12.2. The van der Waals surface area contributed by atoms with Gasteiger partial charge in [0.1, 0.15) is 5.75 Å². The fourth-order valence-electron chi connectivity index (χ4n) is 1.77. The largest absolute Gasteiger partial charge is 0.484 e. The van der Waals surface area contributed by atoms with E-state index in [1.54, 1.807) is 4.90 Å². The Morgan fingerprint density at radius 3 is 2.59 bits per heavy atom. The molecule has 0 saturated heterocycles. The Hall–Kier alpha value is -2.48. The van der Waals surface area contributed by atoms with Gasteiger partial charge in [-0.05, 0) is 26.0 Å². The van der Waals surface area contributed by atoms with E-state index in [9.17, 15) is 14.9 Å². The third-order valence-corrected chi connectivity index (χ3v) is 3.85. The van der Waals surface area contributed by atoms with Crippen LogP contribution in [0.4, 0.5) is 10.8 Å². The van der Waals surface area contributed by atoms with E-state index in [4.69, 9.17) is 4.74 Å². The number of thiazole rings is 1. The summed E-state index contributed by atoms with van der Waals surface area (Å²) in [6.07, 6.45) is 0. The van der Waals surface area contributed by atoms with Gasteiger partial charge in [0, 0.05) is 24.1 Å². The number of benzene rings is 1. The molecular weight excluding hydrogens is 306 g/mol. The van der Waals surface area contributed by atoms with Crippen molar-refractivity contribution < 1.29 is 14.5 Å². The number of carbonyl (C=O) groups is 1. The fraction of sp³-hybridized carbons (Fsp3) is 0.286. The number of ether oxygens (including phenoxy) is 1. The second kappa shape index (κ2) is 6.99. The summed E-state index contributed by atoms with van der Waals surface area (Å²) in [5.41, 5.74) is 0.842. The molecule has 0 aliphatic carbocycles. The van der Waals surface area contributed by atoms with Gasteiger partial charge in [0.15, 0.2) is 11.7 Å². The van der Waals surface area contributed by atoms with Gasteiger partial charge in [-0.2, -0.15) is 0 Å². The summed E-state index contributed by atoms with van der Waals surface area (Å²) in [7, 11) is 0. The van der Waals surface area contributed by atoms with Gasteiger partial charge in [0.25, 0.3) is 11.6 Å². The second-order valence-corrected chi connectivity index (χ2v) is 5.29. The topological polar surface area (TPSA) is 85.6 Å². The van der Waals surface area contributed by atoms with Crippen LogP contribution in [0, 0.1) is 17.0 Å². The summed E-state index contributed by atoms with van der Waals surface area (Å²) in [6, 6.07) is 5.60. The van der Waals surface area contributed by atoms with E-state index >= 15 is 0 Å². The Kier molecular flexibility index (Phi) is 5.05.